The Hall–Kier alpha value is -1.92. The van der Waals surface area contributed by atoms with E-state index in [0.717, 1.165) is 36.5 Å². The summed E-state index contributed by atoms with van der Waals surface area (Å²) in [7, 11) is 0. The lowest BCUT2D eigenvalue weighted by atomic mass is 9.97. The lowest BCUT2D eigenvalue weighted by molar-refractivity contribution is 0.0921. The zero-order valence-electron chi connectivity index (χ0n) is 14.7. The van der Waals surface area contributed by atoms with Crippen LogP contribution in [0.5, 0.6) is 0 Å². The number of carbonyl (C=O) groups excluding carboxylic acids is 1. The first kappa shape index (κ1) is 17.9. The van der Waals surface area contributed by atoms with E-state index in [2.05, 4.69) is 29.0 Å². The zero-order valence-corrected chi connectivity index (χ0v) is 15.6. The number of pyridine rings is 1. The molecule has 25 heavy (non-hydrogen) atoms. The van der Waals surface area contributed by atoms with E-state index in [4.69, 9.17) is 0 Å². The van der Waals surface area contributed by atoms with Gasteiger partial charge in [0.05, 0.1) is 10.6 Å². The lowest BCUT2D eigenvalue weighted by Crippen LogP contribution is -2.44. The highest BCUT2D eigenvalue weighted by Crippen LogP contribution is 2.21. The van der Waals surface area contributed by atoms with Crippen LogP contribution < -0.4 is 10.9 Å². The van der Waals surface area contributed by atoms with Gasteiger partial charge in [-0.1, -0.05) is 6.07 Å². The summed E-state index contributed by atoms with van der Waals surface area (Å²) in [6, 6.07) is 7.82. The van der Waals surface area contributed by atoms with Crippen LogP contribution in [0.25, 0.3) is 10.6 Å². The van der Waals surface area contributed by atoms with Gasteiger partial charge in [-0.3, -0.25) is 9.59 Å². The second-order valence-corrected chi connectivity index (χ2v) is 7.85. The van der Waals surface area contributed by atoms with E-state index >= 15 is 0 Å². The number of aromatic amines is 1. The number of H-pyrrole nitrogens is 1. The van der Waals surface area contributed by atoms with Crippen LogP contribution in [-0.2, 0) is 0 Å². The molecule has 1 saturated heterocycles. The van der Waals surface area contributed by atoms with Crippen molar-refractivity contribution in [3.63, 3.8) is 0 Å². The van der Waals surface area contributed by atoms with Gasteiger partial charge in [0.1, 0.15) is 5.56 Å². The second kappa shape index (κ2) is 7.97. The fourth-order valence-electron chi connectivity index (χ4n) is 3.29. The highest BCUT2D eigenvalue weighted by molar-refractivity contribution is 7.13. The smallest absolute Gasteiger partial charge is 0.261 e. The van der Waals surface area contributed by atoms with Gasteiger partial charge >= 0.3 is 0 Å². The quantitative estimate of drug-likeness (QED) is 0.863. The van der Waals surface area contributed by atoms with Crippen molar-refractivity contribution in [2.45, 2.75) is 32.7 Å². The molecule has 2 N–H and O–H groups in total. The maximum atomic E-state index is 12.4. The molecule has 3 rings (SSSR count). The molecule has 0 saturated carbocycles. The maximum absolute atomic E-state index is 12.4. The SMILES string of the molecule is CC(C)N1CCCC(CNC(=O)c2ccc(-c3cccs3)[nH]c2=O)C1. The van der Waals surface area contributed by atoms with Crippen LogP contribution in [0.1, 0.15) is 37.0 Å². The number of thiophene rings is 1. The molecule has 0 aliphatic carbocycles. The molecule has 1 atom stereocenters. The Balaban J connectivity index is 1.61. The van der Waals surface area contributed by atoms with Gasteiger partial charge in [-0.2, -0.15) is 0 Å². The molecule has 2 aromatic heterocycles. The van der Waals surface area contributed by atoms with Gasteiger partial charge in [0.15, 0.2) is 0 Å². The van der Waals surface area contributed by atoms with Crippen LogP contribution >= 0.6 is 11.3 Å². The zero-order chi connectivity index (χ0) is 17.8. The first-order valence-corrected chi connectivity index (χ1v) is 9.72. The fraction of sp³-hybridized carbons (Fsp3) is 0.474. The molecule has 1 aliphatic rings. The summed E-state index contributed by atoms with van der Waals surface area (Å²) in [4.78, 5) is 30.9. The Morgan fingerprint density at radius 1 is 1.40 bits per heavy atom. The molecule has 0 aromatic carbocycles. The van der Waals surface area contributed by atoms with Gasteiger partial charge in [0.2, 0.25) is 0 Å². The molecule has 0 bridgehead atoms. The van der Waals surface area contributed by atoms with Crippen LogP contribution in [-0.4, -0.2) is 41.5 Å². The number of carbonyl (C=O) groups is 1. The number of nitrogens with one attached hydrogen (secondary N) is 2. The van der Waals surface area contributed by atoms with Crippen molar-refractivity contribution >= 4 is 17.2 Å². The van der Waals surface area contributed by atoms with Gasteiger partial charge in [-0.15, -0.1) is 11.3 Å². The summed E-state index contributed by atoms with van der Waals surface area (Å²) in [5.41, 5.74) is 0.587. The molecule has 0 radical (unpaired) electrons. The highest BCUT2D eigenvalue weighted by atomic mass is 32.1. The number of aromatic nitrogens is 1. The Labute approximate surface area is 152 Å². The molecule has 1 unspecified atom stereocenters. The third-order valence-corrected chi connectivity index (χ3v) is 5.68. The molecule has 3 heterocycles. The third kappa shape index (κ3) is 4.38. The Morgan fingerprint density at radius 3 is 2.92 bits per heavy atom. The van der Waals surface area contributed by atoms with Gasteiger partial charge in [0.25, 0.3) is 11.5 Å². The normalized spacial score (nSPS) is 18.4. The van der Waals surface area contributed by atoms with E-state index < -0.39 is 0 Å². The van der Waals surface area contributed by atoms with Crippen LogP contribution in [0.2, 0.25) is 0 Å². The van der Waals surface area contributed by atoms with Crippen LogP contribution in [0, 0.1) is 5.92 Å². The molecule has 6 heteroatoms. The predicted molar refractivity (Wildman–Crippen MR) is 102 cm³/mol. The molecule has 1 amide bonds. The van der Waals surface area contributed by atoms with Crippen LogP contribution in [0.3, 0.4) is 0 Å². The van der Waals surface area contributed by atoms with Crippen molar-refractivity contribution in [2.24, 2.45) is 5.92 Å². The van der Waals surface area contributed by atoms with Gasteiger partial charge < -0.3 is 15.2 Å². The van der Waals surface area contributed by atoms with E-state index in [1.165, 1.54) is 0 Å². The number of piperidine rings is 1. The van der Waals surface area contributed by atoms with Crippen molar-refractivity contribution in [2.75, 3.05) is 19.6 Å². The van der Waals surface area contributed by atoms with Gasteiger partial charge in [-0.05, 0) is 62.7 Å². The van der Waals surface area contributed by atoms with E-state index in [-0.39, 0.29) is 17.0 Å². The number of likely N-dealkylation sites (tertiary alicyclic amines) is 1. The summed E-state index contributed by atoms with van der Waals surface area (Å²) >= 11 is 1.56. The Bertz CT molecular complexity index is 767. The van der Waals surface area contributed by atoms with Crippen molar-refractivity contribution in [3.05, 3.63) is 45.6 Å². The van der Waals surface area contributed by atoms with E-state index in [9.17, 15) is 9.59 Å². The summed E-state index contributed by atoms with van der Waals surface area (Å²) in [6.45, 7) is 7.16. The molecule has 134 valence electrons. The van der Waals surface area contributed by atoms with Crippen molar-refractivity contribution < 1.29 is 4.79 Å². The number of hydrogen-bond acceptors (Lipinski definition) is 4. The molecular weight excluding hydrogens is 334 g/mol. The van der Waals surface area contributed by atoms with Crippen molar-refractivity contribution in [1.29, 1.82) is 0 Å². The Morgan fingerprint density at radius 2 is 2.24 bits per heavy atom. The lowest BCUT2D eigenvalue weighted by Gasteiger charge is -2.35. The average molecular weight is 359 g/mol. The topological polar surface area (TPSA) is 65.2 Å². The average Bonchev–Trinajstić information content (AvgIpc) is 3.14. The third-order valence-electron chi connectivity index (χ3n) is 4.77. The number of amides is 1. The molecule has 1 aliphatic heterocycles. The number of rotatable bonds is 5. The number of hydrogen-bond donors (Lipinski definition) is 2. The molecule has 0 spiro atoms. The minimum Gasteiger partial charge on any atom is -0.352 e. The van der Waals surface area contributed by atoms with Crippen molar-refractivity contribution in [1.82, 2.24) is 15.2 Å². The summed E-state index contributed by atoms with van der Waals surface area (Å²) in [6.07, 6.45) is 2.28. The molecule has 1 fully saturated rings. The minimum atomic E-state index is -0.337. The largest absolute Gasteiger partial charge is 0.352 e. The summed E-state index contributed by atoms with van der Waals surface area (Å²) in [5, 5.41) is 4.90. The highest BCUT2D eigenvalue weighted by Gasteiger charge is 2.22. The summed E-state index contributed by atoms with van der Waals surface area (Å²) in [5.74, 6) is 0.158. The fourth-order valence-corrected chi connectivity index (χ4v) is 4.00. The minimum absolute atomic E-state index is 0.178. The standard InChI is InChI=1S/C19H25N3O2S/c1-13(2)22-9-3-5-14(12-22)11-20-18(23)15-7-8-16(21-19(15)24)17-6-4-10-25-17/h4,6-8,10,13-14H,3,5,9,11-12H2,1-2H3,(H,20,23)(H,21,24). The van der Waals surface area contributed by atoms with E-state index in [0.29, 0.717) is 18.5 Å². The van der Waals surface area contributed by atoms with Crippen LogP contribution in [0.15, 0.2) is 34.4 Å². The van der Waals surface area contributed by atoms with Crippen LogP contribution in [0.4, 0.5) is 0 Å². The van der Waals surface area contributed by atoms with Gasteiger partial charge in [0, 0.05) is 19.1 Å². The number of nitrogens with zero attached hydrogens (tertiary/aromatic N) is 1. The first-order valence-electron chi connectivity index (χ1n) is 8.84. The molecular formula is C19H25N3O2S. The Kier molecular flexibility index (Phi) is 5.71. The molecule has 5 nitrogen and oxygen atoms in total. The maximum Gasteiger partial charge on any atom is 0.261 e. The van der Waals surface area contributed by atoms with E-state index in [1.807, 2.05) is 17.5 Å². The molecule has 2 aromatic rings. The summed E-state index contributed by atoms with van der Waals surface area (Å²) < 4.78 is 0. The second-order valence-electron chi connectivity index (χ2n) is 6.90. The van der Waals surface area contributed by atoms with Gasteiger partial charge in [-0.25, -0.2) is 0 Å². The first-order chi connectivity index (χ1) is 12.0. The predicted octanol–water partition coefficient (Wildman–Crippen LogP) is 2.95. The monoisotopic (exact) mass is 359 g/mol. The van der Waals surface area contributed by atoms with Crippen molar-refractivity contribution in [3.8, 4) is 10.6 Å². The van der Waals surface area contributed by atoms with E-state index in [1.54, 1.807) is 23.5 Å².